The van der Waals surface area contributed by atoms with Gasteiger partial charge in [-0.05, 0) is 41.1 Å². The van der Waals surface area contributed by atoms with E-state index in [0.717, 1.165) is 13.7 Å². The van der Waals surface area contributed by atoms with E-state index in [-0.39, 0.29) is 5.38 Å². The lowest BCUT2D eigenvalue weighted by molar-refractivity contribution is 1.24. The Bertz CT molecular complexity index is 456. The van der Waals surface area contributed by atoms with Crippen LogP contribution in [-0.2, 0) is 0 Å². The van der Waals surface area contributed by atoms with Gasteiger partial charge in [-0.15, -0.1) is 34.3 Å². The van der Waals surface area contributed by atoms with Crippen LogP contribution in [0.2, 0.25) is 4.34 Å². The summed E-state index contributed by atoms with van der Waals surface area (Å²) in [5.41, 5.74) is 0. The van der Waals surface area contributed by atoms with Crippen LogP contribution in [0.25, 0.3) is 0 Å². The van der Waals surface area contributed by atoms with Gasteiger partial charge in [0.2, 0.25) is 0 Å². The van der Waals surface area contributed by atoms with Crippen LogP contribution in [0.1, 0.15) is 20.0 Å². The van der Waals surface area contributed by atoms with E-state index in [0.29, 0.717) is 0 Å². The van der Waals surface area contributed by atoms with Crippen LogP contribution in [0, 0.1) is 6.92 Å². The molecule has 0 aliphatic rings. The predicted octanol–water partition coefficient (Wildman–Crippen LogP) is 5.86. The van der Waals surface area contributed by atoms with Crippen molar-refractivity contribution in [3.63, 3.8) is 0 Å². The summed E-state index contributed by atoms with van der Waals surface area (Å²) in [6.45, 7) is 2.08. The van der Waals surface area contributed by atoms with E-state index in [1.54, 1.807) is 11.3 Å². The first kappa shape index (κ1) is 11.9. The molecule has 1 unspecified atom stereocenters. The van der Waals surface area contributed by atoms with Gasteiger partial charge >= 0.3 is 0 Å². The fraction of sp³-hybridized carbons (Fsp3) is 0.200. The van der Waals surface area contributed by atoms with Crippen LogP contribution in [0.4, 0.5) is 0 Å². The quantitative estimate of drug-likeness (QED) is 0.600. The second kappa shape index (κ2) is 4.76. The Morgan fingerprint density at radius 3 is 2.47 bits per heavy atom. The third-order valence-electron chi connectivity index (χ3n) is 1.92. The van der Waals surface area contributed by atoms with Crippen LogP contribution >= 0.6 is 61.8 Å². The van der Waals surface area contributed by atoms with E-state index >= 15 is 0 Å². The normalized spacial score (nSPS) is 13.1. The van der Waals surface area contributed by atoms with E-state index < -0.39 is 0 Å². The lowest BCUT2D eigenvalue weighted by Gasteiger charge is -2.02. The first-order valence-corrected chi connectivity index (χ1v) is 7.47. The van der Waals surface area contributed by atoms with Crippen LogP contribution in [0.5, 0.6) is 0 Å². The maximum absolute atomic E-state index is 6.37. The Kier molecular flexibility index (Phi) is 3.79. The number of alkyl halides is 1. The minimum Gasteiger partial charge on any atom is -0.144 e. The Labute approximate surface area is 115 Å². The number of hydrogen-bond donors (Lipinski definition) is 0. The van der Waals surface area contributed by atoms with Crippen molar-refractivity contribution >= 4 is 61.8 Å². The number of thiophene rings is 2. The smallest absolute Gasteiger partial charge is 0.107 e. The van der Waals surface area contributed by atoms with E-state index in [2.05, 4.69) is 35.0 Å². The van der Waals surface area contributed by atoms with Crippen molar-refractivity contribution in [3.8, 4) is 0 Å². The van der Waals surface area contributed by atoms with Crippen molar-refractivity contribution in [2.24, 2.45) is 0 Å². The lowest BCUT2D eigenvalue weighted by Crippen LogP contribution is -1.84. The second-order valence-corrected chi connectivity index (χ2v) is 7.38. The van der Waals surface area contributed by atoms with Gasteiger partial charge in [-0.1, -0.05) is 11.6 Å². The van der Waals surface area contributed by atoms with Crippen molar-refractivity contribution in [2.75, 3.05) is 0 Å². The summed E-state index contributed by atoms with van der Waals surface area (Å²) >= 11 is 19.0. The molecule has 0 spiro atoms. The molecule has 0 saturated carbocycles. The molecule has 0 bridgehead atoms. The highest BCUT2D eigenvalue weighted by Gasteiger charge is 2.16. The molecule has 0 radical (unpaired) electrons. The molecule has 2 aromatic rings. The molecule has 1 atom stereocenters. The highest BCUT2D eigenvalue weighted by atomic mass is 79.9. The number of rotatable bonds is 2. The average Bonchev–Trinajstić information content (AvgIpc) is 2.74. The molecule has 0 fully saturated rings. The summed E-state index contributed by atoms with van der Waals surface area (Å²) in [6.07, 6.45) is 0. The molecule has 5 heteroatoms. The summed E-state index contributed by atoms with van der Waals surface area (Å²) in [6, 6.07) is 6.14. The fourth-order valence-corrected chi connectivity index (χ4v) is 4.30. The van der Waals surface area contributed by atoms with E-state index in [1.165, 1.54) is 21.1 Å². The summed E-state index contributed by atoms with van der Waals surface area (Å²) in [4.78, 5) is 3.52. The molecule has 0 saturated heterocycles. The van der Waals surface area contributed by atoms with Crippen molar-refractivity contribution in [3.05, 3.63) is 41.6 Å². The largest absolute Gasteiger partial charge is 0.144 e. The van der Waals surface area contributed by atoms with Crippen LogP contribution in [0.3, 0.4) is 0 Å². The molecule has 2 heterocycles. The van der Waals surface area contributed by atoms with Crippen molar-refractivity contribution < 1.29 is 0 Å². The third kappa shape index (κ3) is 2.59. The maximum atomic E-state index is 6.37. The molecule has 2 rings (SSSR count). The zero-order valence-corrected chi connectivity index (χ0v) is 12.5. The number of aryl methyl sites for hydroxylation is 1. The van der Waals surface area contributed by atoms with Crippen LogP contribution in [-0.4, -0.2) is 0 Å². The first-order valence-electron chi connectivity index (χ1n) is 4.23. The molecular weight excluding hydrogens is 335 g/mol. The maximum Gasteiger partial charge on any atom is 0.107 e. The average molecular weight is 342 g/mol. The lowest BCUT2D eigenvalue weighted by atomic mass is 10.3. The third-order valence-corrected chi connectivity index (χ3v) is 6.26. The molecule has 0 N–H and O–H groups in total. The molecule has 0 amide bonds. The van der Waals surface area contributed by atoms with Gasteiger partial charge in [-0.25, -0.2) is 0 Å². The fourth-order valence-electron chi connectivity index (χ4n) is 1.22. The molecule has 0 aliphatic carbocycles. The molecule has 2 aromatic heterocycles. The number of halogens is 3. The van der Waals surface area contributed by atoms with Crippen molar-refractivity contribution in [1.29, 1.82) is 0 Å². The number of hydrogen-bond acceptors (Lipinski definition) is 2. The van der Waals surface area contributed by atoms with Gasteiger partial charge in [0.15, 0.2) is 0 Å². The SMILES string of the molecule is Cc1ccc(C(Cl)c2cc(Br)c(Cl)s2)s1. The van der Waals surface area contributed by atoms with E-state index in [1.807, 2.05) is 6.07 Å². The van der Waals surface area contributed by atoms with Gasteiger partial charge in [0.05, 0.1) is 0 Å². The molecule has 0 aromatic carbocycles. The van der Waals surface area contributed by atoms with E-state index in [9.17, 15) is 0 Å². The Morgan fingerprint density at radius 2 is 2.00 bits per heavy atom. The summed E-state index contributed by atoms with van der Waals surface area (Å²) in [5.74, 6) is 0. The first-order chi connectivity index (χ1) is 7.08. The van der Waals surface area contributed by atoms with Gasteiger partial charge in [-0.2, -0.15) is 0 Å². The molecule has 0 nitrogen and oxygen atoms in total. The Hall–Kier alpha value is 0.460. The van der Waals surface area contributed by atoms with Gasteiger partial charge in [-0.3, -0.25) is 0 Å². The Morgan fingerprint density at radius 1 is 1.27 bits per heavy atom. The molecule has 80 valence electrons. The van der Waals surface area contributed by atoms with Gasteiger partial charge in [0.25, 0.3) is 0 Å². The summed E-state index contributed by atoms with van der Waals surface area (Å²) < 4.78 is 1.67. The second-order valence-electron chi connectivity index (χ2n) is 3.08. The van der Waals surface area contributed by atoms with Crippen LogP contribution < -0.4 is 0 Å². The highest BCUT2D eigenvalue weighted by Crippen LogP contribution is 2.41. The van der Waals surface area contributed by atoms with Gasteiger partial charge < -0.3 is 0 Å². The summed E-state index contributed by atoms with van der Waals surface area (Å²) in [5, 5.41) is -0.0856. The molecule has 0 aliphatic heterocycles. The zero-order chi connectivity index (χ0) is 11.0. The zero-order valence-electron chi connectivity index (χ0n) is 7.76. The van der Waals surface area contributed by atoms with Gasteiger partial charge in [0.1, 0.15) is 9.71 Å². The Balaban J connectivity index is 2.31. The van der Waals surface area contributed by atoms with Crippen molar-refractivity contribution in [2.45, 2.75) is 12.3 Å². The monoisotopic (exact) mass is 340 g/mol. The highest BCUT2D eigenvalue weighted by molar-refractivity contribution is 9.10. The summed E-state index contributed by atoms with van der Waals surface area (Å²) in [7, 11) is 0. The molecular formula is C10H7BrCl2S2. The predicted molar refractivity (Wildman–Crippen MR) is 73.8 cm³/mol. The minimum atomic E-state index is -0.0856. The van der Waals surface area contributed by atoms with Crippen molar-refractivity contribution in [1.82, 2.24) is 0 Å². The minimum absolute atomic E-state index is 0.0856. The standard InChI is InChI=1S/C10H7BrCl2S2/c1-5-2-3-7(14-5)9(12)8-4-6(11)10(13)15-8/h2-4,9H,1H3. The topological polar surface area (TPSA) is 0 Å². The molecule has 15 heavy (non-hydrogen) atoms. The van der Waals surface area contributed by atoms with E-state index in [4.69, 9.17) is 23.2 Å². The van der Waals surface area contributed by atoms with Crippen LogP contribution in [0.15, 0.2) is 22.7 Å². The van der Waals surface area contributed by atoms with Gasteiger partial charge in [0, 0.05) is 19.1 Å².